The van der Waals surface area contributed by atoms with Crippen molar-refractivity contribution in [3.63, 3.8) is 0 Å². The van der Waals surface area contributed by atoms with E-state index in [1.54, 1.807) is 6.92 Å². The molecule has 0 spiro atoms. The van der Waals surface area contributed by atoms with E-state index < -0.39 is 17.7 Å². The van der Waals surface area contributed by atoms with Crippen LogP contribution in [0, 0.1) is 25.5 Å². The summed E-state index contributed by atoms with van der Waals surface area (Å²) in [5, 5.41) is 2.74. The van der Waals surface area contributed by atoms with Gasteiger partial charge in [-0.05, 0) is 61.7 Å². The maximum Gasteiger partial charge on any atom is 0.223 e. The van der Waals surface area contributed by atoms with E-state index in [-0.39, 0.29) is 18.9 Å². The van der Waals surface area contributed by atoms with Crippen LogP contribution in [0.15, 0.2) is 36.4 Å². The van der Waals surface area contributed by atoms with Gasteiger partial charge in [-0.1, -0.05) is 12.1 Å². The van der Waals surface area contributed by atoms with Gasteiger partial charge in [-0.3, -0.25) is 4.79 Å². The summed E-state index contributed by atoms with van der Waals surface area (Å²) in [4.78, 5) is 11.9. The highest BCUT2D eigenvalue weighted by Gasteiger charge is 2.12. The fourth-order valence-electron chi connectivity index (χ4n) is 2.46. The molecule has 1 N–H and O–H groups in total. The second-order valence-electron chi connectivity index (χ2n) is 5.88. The molecule has 0 aromatic heterocycles. The molecule has 24 heavy (non-hydrogen) atoms. The molecule has 0 aliphatic carbocycles. The van der Waals surface area contributed by atoms with E-state index in [1.165, 1.54) is 6.07 Å². The Hall–Kier alpha value is -2.43. The van der Waals surface area contributed by atoms with Gasteiger partial charge in [-0.2, -0.15) is 0 Å². The Bertz CT molecular complexity index is 711. The number of aryl methyl sites for hydroxylation is 2. The molecule has 0 fully saturated rings. The summed E-state index contributed by atoms with van der Waals surface area (Å²) in [6, 6.07) is 9.05. The number of nitrogens with one attached hydrogen (secondary N) is 1. The lowest BCUT2D eigenvalue weighted by Gasteiger charge is -2.15. The molecule has 2 rings (SSSR count). The van der Waals surface area contributed by atoms with Crippen LogP contribution in [0.4, 0.5) is 8.78 Å². The van der Waals surface area contributed by atoms with Gasteiger partial charge in [-0.15, -0.1) is 0 Å². The molecular formula is C19H21F2NO2. The Kier molecular flexibility index (Phi) is 5.90. The predicted molar refractivity (Wildman–Crippen MR) is 88.9 cm³/mol. The highest BCUT2D eigenvalue weighted by molar-refractivity contribution is 5.76. The predicted octanol–water partition coefficient (Wildman–Crippen LogP) is 4.23. The molecular weight excluding hydrogens is 312 g/mol. The van der Waals surface area contributed by atoms with Crippen molar-refractivity contribution in [1.29, 1.82) is 0 Å². The van der Waals surface area contributed by atoms with Gasteiger partial charge >= 0.3 is 0 Å². The molecule has 1 unspecified atom stereocenters. The second-order valence-corrected chi connectivity index (χ2v) is 5.88. The molecule has 128 valence electrons. The lowest BCUT2D eigenvalue weighted by atomic mass is 10.1. The maximum absolute atomic E-state index is 13.2. The van der Waals surface area contributed by atoms with Crippen molar-refractivity contribution in [3.05, 3.63) is 64.7 Å². The zero-order chi connectivity index (χ0) is 17.7. The minimum Gasteiger partial charge on any atom is -0.493 e. The van der Waals surface area contributed by atoms with Crippen molar-refractivity contribution in [2.45, 2.75) is 33.2 Å². The molecule has 1 amide bonds. The van der Waals surface area contributed by atoms with E-state index >= 15 is 0 Å². The quantitative estimate of drug-likeness (QED) is 0.859. The Morgan fingerprint density at radius 3 is 2.38 bits per heavy atom. The first-order valence-corrected chi connectivity index (χ1v) is 7.80. The van der Waals surface area contributed by atoms with Crippen LogP contribution in [0.3, 0.4) is 0 Å². The second kappa shape index (κ2) is 7.90. The summed E-state index contributed by atoms with van der Waals surface area (Å²) in [5.41, 5.74) is 2.71. The summed E-state index contributed by atoms with van der Waals surface area (Å²) < 4.78 is 31.7. The summed E-state index contributed by atoms with van der Waals surface area (Å²) in [5.74, 6) is -1.31. The Labute approximate surface area is 140 Å². The van der Waals surface area contributed by atoms with Gasteiger partial charge in [0.05, 0.1) is 19.1 Å². The number of amides is 1. The van der Waals surface area contributed by atoms with Crippen LogP contribution >= 0.6 is 0 Å². The topological polar surface area (TPSA) is 38.3 Å². The summed E-state index contributed by atoms with van der Waals surface area (Å²) >= 11 is 0. The van der Waals surface area contributed by atoms with Gasteiger partial charge in [0.15, 0.2) is 11.6 Å². The third-order valence-corrected chi connectivity index (χ3v) is 3.61. The highest BCUT2D eigenvalue weighted by atomic mass is 19.2. The number of hydrogen-bond acceptors (Lipinski definition) is 2. The molecule has 0 radical (unpaired) electrons. The summed E-state index contributed by atoms with van der Waals surface area (Å²) in [6.45, 7) is 5.93. The smallest absolute Gasteiger partial charge is 0.223 e. The van der Waals surface area contributed by atoms with Gasteiger partial charge in [0.1, 0.15) is 5.75 Å². The largest absolute Gasteiger partial charge is 0.493 e. The average molecular weight is 333 g/mol. The number of rotatable bonds is 6. The summed E-state index contributed by atoms with van der Waals surface area (Å²) in [6.07, 6.45) is 0.182. The SMILES string of the molecule is Cc1cc(C)cc(OCCC(=O)NC(C)c2ccc(F)c(F)c2)c1. The maximum atomic E-state index is 13.2. The van der Waals surface area contributed by atoms with Crippen LogP contribution in [-0.4, -0.2) is 12.5 Å². The first-order valence-electron chi connectivity index (χ1n) is 7.80. The standard InChI is InChI=1S/C19H21F2NO2/c1-12-8-13(2)10-16(9-12)24-7-6-19(23)22-14(3)15-4-5-17(20)18(21)11-15/h4-5,8-11,14H,6-7H2,1-3H3,(H,22,23). The van der Waals surface area contributed by atoms with Crippen LogP contribution in [0.2, 0.25) is 0 Å². The Morgan fingerprint density at radius 1 is 1.08 bits per heavy atom. The fourth-order valence-corrected chi connectivity index (χ4v) is 2.46. The van der Waals surface area contributed by atoms with Gasteiger partial charge in [0.2, 0.25) is 5.91 Å². The monoisotopic (exact) mass is 333 g/mol. The minimum atomic E-state index is -0.924. The molecule has 0 aliphatic heterocycles. The van der Waals surface area contributed by atoms with Crippen molar-refractivity contribution < 1.29 is 18.3 Å². The van der Waals surface area contributed by atoms with E-state index in [9.17, 15) is 13.6 Å². The van der Waals surface area contributed by atoms with Gasteiger partial charge < -0.3 is 10.1 Å². The third-order valence-electron chi connectivity index (χ3n) is 3.61. The van der Waals surface area contributed by atoms with Crippen LogP contribution < -0.4 is 10.1 Å². The van der Waals surface area contributed by atoms with Gasteiger partial charge in [0, 0.05) is 0 Å². The third kappa shape index (κ3) is 5.05. The first kappa shape index (κ1) is 17.9. The van der Waals surface area contributed by atoms with E-state index in [0.29, 0.717) is 5.56 Å². The molecule has 0 heterocycles. The fraction of sp³-hybridized carbons (Fsp3) is 0.316. The van der Waals surface area contributed by atoms with Crippen molar-refractivity contribution >= 4 is 5.91 Å². The number of ether oxygens (including phenoxy) is 1. The number of carbonyl (C=O) groups is 1. The average Bonchev–Trinajstić information content (AvgIpc) is 2.49. The molecule has 0 saturated carbocycles. The van der Waals surface area contributed by atoms with E-state index in [1.807, 2.05) is 32.0 Å². The molecule has 2 aromatic rings. The van der Waals surface area contributed by atoms with Crippen molar-refractivity contribution in [2.75, 3.05) is 6.61 Å². The van der Waals surface area contributed by atoms with E-state index in [0.717, 1.165) is 29.0 Å². The highest BCUT2D eigenvalue weighted by Crippen LogP contribution is 2.17. The van der Waals surface area contributed by atoms with Crippen LogP contribution in [-0.2, 0) is 4.79 Å². The normalized spacial score (nSPS) is 11.9. The number of halogens is 2. The Balaban J connectivity index is 1.83. The zero-order valence-electron chi connectivity index (χ0n) is 14.0. The lowest BCUT2D eigenvalue weighted by Crippen LogP contribution is -2.28. The molecule has 0 saturated heterocycles. The van der Waals surface area contributed by atoms with Crippen molar-refractivity contribution in [2.24, 2.45) is 0 Å². The molecule has 0 bridgehead atoms. The van der Waals surface area contributed by atoms with Gasteiger partial charge in [0.25, 0.3) is 0 Å². The van der Waals surface area contributed by atoms with E-state index in [2.05, 4.69) is 5.32 Å². The number of hydrogen-bond donors (Lipinski definition) is 1. The lowest BCUT2D eigenvalue weighted by molar-refractivity contribution is -0.122. The molecule has 3 nitrogen and oxygen atoms in total. The van der Waals surface area contributed by atoms with Crippen LogP contribution in [0.5, 0.6) is 5.75 Å². The van der Waals surface area contributed by atoms with Crippen molar-refractivity contribution in [3.8, 4) is 5.75 Å². The first-order chi connectivity index (χ1) is 11.3. The van der Waals surface area contributed by atoms with Crippen LogP contribution in [0.25, 0.3) is 0 Å². The number of benzene rings is 2. The van der Waals surface area contributed by atoms with E-state index in [4.69, 9.17) is 4.74 Å². The number of carbonyl (C=O) groups excluding carboxylic acids is 1. The molecule has 0 aliphatic rings. The van der Waals surface area contributed by atoms with Crippen molar-refractivity contribution in [1.82, 2.24) is 5.32 Å². The zero-order valence-corrected chi connectivity index (χ0v) is 14.0. The molecule has 1 atom stereocenters. The van der Waals surface area contributed by atoms with Gasteiger partial charge in [-0.25, -0.2) is 8.78 Å². The molecule has 5 heteroatoms. The molecule has 2 aromatic carbocycles. The minimum absolute atomic E-state index is 0.182. The Morgan fingerprint density at radius 2 is 1.75 bits per heavy atom. The summed E-state index contributed by atoms with van der Waals surface area (Å²) in [7, 11) is 0. The van der Waals surface area contributed by atoms with Crippen LogP contribution in [0.1, 0.15) is 36.1 Å².